The highest BCUT2D eigenvalue weighted by Crippen LogP contribution is 2.70. The number of nitrogens with zero attached hydrogens (tertiary/aromatic N) is 5. The molecule has 0 bridgehead atoms. The number of hydrogen-bond acceptors (Lipinski definition) is 7. The number of fused-ring (bicyclic) bond motifs is 5. The Kier molecular flexibility index (Phi) is 17.9. The summed E-state index contributed by atoms with van der Waals surface area (Å²) in [4.78, 5) is 64.6. The zero-order chi connectivity index (χ0) is 49.1. The van der Waals surface area contributed by atoms with E-state index in [1.54, 1.807) is 18.6 Å². The van der Waals surface area contributed by atoms with Crippen LogP contribution in [0.2, 0.25) is 0 Å². The van der Waals surface area contributed by atoms with E-state index in [1.807, 2.05) is 66.9 Å². The monoisotopic (exact) mass is 948 g/mol. The third kappa shape index (κ3) is 11.5. The zero-order valence-electron chi connectivity index (χ0n) is 43.6. The normalized spacial score (nSPS) is 27.5. The summed E-state index contributed by atoms with van der Waals surface area (Å²) in [6.45, 7) is 13.8. The second-order valence-corrected chi connectivity index (χ2v) is 22.9. The molecule has 0 aromatic carbocycles. The van der Waals surface area contributed by atoms with Crippen molar-refractivity contribution in [2.45, 2.75) is 176 Å². The first kappa shape index (κ1) is 51.8. The van der Waals surface area contributed by atoms with Crippen molar-refractivity contribution in [2.24, 2.45) is 58.2 Å². The molecule has 8 heteroatoms. The van der Waals surface area contributed by atoms with Gasteiger partial charge in [0.2, 0.25) is 5.91 Å². The quantitative estimate of drug-likeness (QED) is 0.0509. The fraction of sp³-hybridized carbons (Fsp3) is 0.629. The summed E-state index contributed by atoms with van der Waals surface area (Å²) in [5, 5.41) is 0. The summed E-state index contributed by atoms with van der Waals surface area (Å²) in [6.07, 6.45) is 31.7. The molecule has 0 aliphatic heterocycles. The minimum absolute atomic E-state index is 0.0148. The Balaban J connectivity index is 0.993. The predicted octanol–water partition coefficient (Wildman–Crippen LogP) is 15.1. The molecule has 4 aliphatic carbocycles. The van der Waals surface area contributed by atoms with Gasteiger partial charge in [0.15, 0.2) is 11.6 Å². The van der Waals surface area contributed by atoms with E-state index in [0.29, 0.717) is 59.0 Å². The van der Waals surface area contributed by atoms with E-state index in [0.717, 1.165) is 100 Å². The lowest BCUT2D eigenvalue weighted by atomic mass is 9.41. The lowest BCUT2D eigenvalue weighted by Crippen LogP contribution is -2.58. The third-order valence-electron chi connectivity index (χ3n) is 18.9. The third-order valence-corrected chi connectivity index (χ3v) is 18.9. The molecule has 376 valence electrons. The fourth-order valence-electron chi connectivity index (χ4n) is 14.9. The molecule has 1 amide bonds. The number of amides is 1. The van der Waals surface area contributed by atoms with Crippen molar-refractivity contribution in [3.63, 3.8) is 0 Å². The lowest BCUT2D eigenvalue weighted by Gasteiger charge is -2.63. The molecule has 0 N–H and O–H groups in total. The van der Waals surface area contributed by atoms with Crippen LogP contribution in [-0.2, 0) is 4.79 Å². The van der Waals surface area contributed by atoms with E-state index in [9.17, 15) is 9.59 Å². The van der Waals surface area contributed by atoms with Gasteiger partial charge in [0.25, 0.3) is 0 Å². The standard InChI is InChI=1S/C62H85N5O3/c1-6-8-10-12-14-20-38-67(39-21-15-13-11-9-7-2)58(68)33-24-44(3)50-29-30-51-49-28-27-48-40-45(59(69)46-25-31-56(65-42-46)54-22-16-18-36-63-54)34-35-61(48,4)52(49)41-53(62(50,51)5)60(70)47-26-32-57(66-43-47)55-23-17-19-37-64-55/h16-19,22-23,25-26,31-32,36-37,42-45,48-53H,6-15,20-21,24,27-30,33-35,38-41H2,1-5H3/t44-,45-,48-,49+,50-,51+,52+,53-,61+,62-/m1/s1. The number of carbonyl (C=O) groups is 3. The highest BCUT2D eigenvalue weighted by molar-refractivity contribution is 5.99. The van der Waals surface area contributed by atoms with E-state index in [-0.39, 0.29) is 34.2 Å². The van der Waals surface area contributed by atoms with Gasteiger partial charge < -0.3 is 4.90 Å². The highest BCUT2D eigenvalue weighted by atomic mass is 16.2. The molecule has 4 heterocycles. The molecule has 4 fully saturated rings. The molecule has 8 rings (SSSR count). The number of hydrogen-bond donors (Lipinski definition) is 0. The van der Waals surface area contributed by atoms with Gasteiger partial charge >= 0.3 is 0 Å². The Labute approximate surface area is 421 Å². The van der Waals surface area contributed by atoms with Crippen molar-refractivity contribution in [1.29, 1.82) is 0 Å². The van der Waals surface area contributed by atoms with Crippen LogP contribution in [0.1, 0.15) is 197 Å². The van der Waals surface area contributed by atoms with Crippen LogP contribution in [0.25, 0.3) is 22.8 Å². The first-order chi connectivity index (χ1) is 34.1. The van der Waals surface area contributed by atoms with Gasteiger partial charge in [0.1, 0.15) is 0 Å². The Morgan fingerprint density at radius 1 is 0.614 bits per heavy atom. The predicted molar refractivity (Wildman–Crippen MR) is 283 cm³/mol. The first-order valence-corrected chi connectivity index (χ1v) is 28.2. The summed E-state index contributed by atoms with van der Waals surface area (Å²) in [7, 11) is 0. The molecule has 0 spiro atoms. The molecular weight excluding hydrogens is 863 g/mol. The molecule has 4 saturated carbocycles. The molecular formula is C62H85N5O3. The molecule has 4 aromatic rings. The van der Waals surface area contributed by atoms with Crippen LogP contribution in [0.5, 0.6) is 0 Å². The number of carbonyl (C=O) groups excluding carboxylic acids is 3. The average molecular weight is 948 g/mol. The van der Waals surface area contributed by atoms with Gasteiger partial charge in [-0.3, -0.25) is 34.3 Å². The smallest absolute Gasteiger partial charge is 0.222 e. The Hall–Kier alpha value is -4.59. The number of unbranched alkanes of at least 4 members (excludes halogenated alkanes) is 10. The van der Waals surface area contributed by atoms with Crippen LogP contribution >= 0.6 is 0 Å². The van der Waals surface area contributed by atoms with Crippen LogP contribution in [0, 0.1) is 58.2 Å². The topological polar surface area (TPSA) is 106 Å². The van der Waals surface area contributed by atoms with Gasteiger partial charge in [-0.15, -0.1) is 0 Å². The van der Waals surface area contributed by atoms with Crippen molar-refractivity contribution < 1.29 is 14.4 Å². The van der Waals surface area contributed by atoms with Crippen LogP contribution in [-0.4, -0.2) is 55.4 Å². The molecule has 0 unspecified atom stereocenters. The van der Waals surface area contributed by atoms with Crippen molar-refractivity contribution in [1.82, 2.24) is 24.8 Å². The molecule has 10 atom stereocenters. The first-order valence-electron chi connectivity index (χ1n) is 28.2. The minimum Gasteiger partial charge on any atom is -0.343 e. The molecule has 8 nitrogen and oxygen atoms in total. The molecule has 4 aromatic heterocycles. The summed E-state index contributed by atoms with van der Waals surface area (Å²) < 4.78 is 0. The molecule has 0 radical (unpaired) electrons. The van der Waals surface area contributed by atoms with Crippen molar-refractivity contribution in [3.8, 4) is 22.8 Å². The summed E-state index contributed by atoms with van der Waals surface area (Å²) >= 11 is 0. The number of aromatic nitrogens is 4. The van der Waals surface area contributed by atoms with E-state index < -0.39 is 0 Å². The van der Waals surface area contributed by atoms with Gasteiger partial charge in [-0.1, -0.05) is 111 Å². The van der Waals surface area contributed by atoms with Gasteiger partial charge in [-0.05, 0) is 165 Å². The maximum atomic E-state index is 15.5. The maximum Gasteiger partial charge on any atom is 0.222 e. The second-order valence-electron chi connectivity index (χ2n) is 22.9. The molecule has 0 saturated heterocycles. The van der Waals surface area contributed by atoms with E-state index >= 15 is 4.79 Å². The van der Waals surface area contributed by atoms with Gasteiger partial charge in [0, 0.05) is 67.3 Å². The van der Waals surface area contributed by atoms with Crippen molar-refractivity contribution in [3.05, 3.63) is 96.6 Å². The van der Waals surface area contributed by atoms with Gasteiger partial charge in [-0.25, -0.2) is 0 Å². The minimum atomic E-state index is -0.179. The van der Waals surface area contributed by atoms with Gasteiger partial charge in [0.05, 0.1) is 22.8 Å². The number of rotatable bonds is 24. The number of ketones is 2. The Bertz CT molecular complexity index is 2270. The number of pyridine rings is 4. The summed E-state index contributed by atoms with van der Waals surface area (Å²) in [5.41, 5.74) is 4.45. The van der Waals surface area contributed by atoms with E-state index in [1.165, 1.54) is 70.6 Å². The van der Waals surface area contributed by atoms with E-state index in [4.69, 9.17) is 4.98 Å². The largest absolute Gasteiger partial charge is 0.343 e. The fourth-order valence-corrected chi connectivity index (χ4v) is 14.9. The SMILES string of the molecule is CCCCCCCCN(CCCCCCCC)C(=O)CC[C@@H](C)[C@H]1CC[C@H]2[C@@H]3CC[C@@H]4C[C@H](C(=O)c5ccc(-c6ccccn6)nc5)CC[C@]4(C)[C@H]3C[C@H](C(=O)c3ccc(-c4ccccn4)nc3)[C@]12C. The average Bonchev–Trinajstić information content (AvgIpc) is 3.76. The summed E-state index contributed by atoms with van der Waals surface area (Å²) in [6, 6.07) is 19.5. The Morgan fingerprint density at radius 2 is 1.19 bits per heavy atom. The maximum absolute atomic E-state index is 15.5. The molecule has 70 heavy (non-hydrogen) atoms. The Morgan fingerprint density at radius 3 is 1.74 bits per heavy atom. The second kappa shape index (κ2) is 24.2. The van der Waals surface area contributed by atoms with Crippen molar-refractivity contribution >= 4 is 17.5 Å². The van der Waals surface area contributed by atoms with Crippen LogP contribution in [0.3, 0.4) is 0 Å². The van der Waals surface area contributed by atoms with Crippen molar-refractivity contribution in [2.75, 3.05) is 13.1 Å². The lowest BCUT2D eigenvalue weighted by molar-refractivity contribution is -0.137. The van der Waals surface area contributed by atoms with Crippen LogP contribution in [0.4, 0.5) is 0 Å². The van der Waals surface area contributed by atoms with E-state index in [2.05, 4.69) is 54.5 Å². The summed E-state index contributed by atoms with van der Waals surface area (Å²) in [5.74, 6) is 3.20. The number of Topliss-reactive ketones (excluding diaryl/α,β-unsaturated/α-hetero) is 2. The molecule has 4 aliphatic rings. The van der Waals surface area contributed by atoms with Gasteiger partial charge in [-0.2, -0.15) is 0 Å². The van der Waals surface area contributed by atoms with Crippen LogP contribution < -0.4 is 0 Å². The highest BCUT2D eigenvalue weighted by Gasteiger charge is 2.65. The zero-order valence-corrected chi connectivity index (χ0v) is 43.6. The van der Waals surface area contributed by atoms with Crippen LogP contribution in [0.15, 0.2) is 85.5 Å².